The van der Waals surface area contributed by atoms with Gasteiger partial charge in [-0.15, -0.1) is 24.0 Å². The monoisotopic (exact) mass is 495 g/mol. The van der Waals surface area contributed by atoms with E-state index in [1.54, 1.807) is 0 Å². The number of aliphatic imine (C=N–C) groups is 1. The number of aromatic amines is 1. The Bertz CT molecular complexity index is 909. The van der Waals surface area contributed by atoms with Crippen molar-refractivity contribution in [1.82, 2.24) is 20.8 Å². The molecule has 0 unspecified atom stereocenters. The number of hydrogen-bond acceptors (Lipinski definition) is 3. The van der Waals surface area contributed by atoms with Crippen molar-refractivity contribution in [2.45, 2.75) is 40.5 Å². The summed E-state index contributed by atoms with van der Waals surface area (Å²) in [5.41, 5.74) is 5.90. The number of guanidine groups is 1. The molecule has 0 radical (unpaired) electrons. The summed E-state index contributed by atoms with van der Waals surface area (Å²) in [6.45, 7) is 10.5. The Hall–Kier alpha value is -2.03. The van der Waals surface area contributed by atoms with E-state index in [1.165, 1.54) is 27.7 Å². The van der Waals surface area contributed by atoms with Gasteiger partial charge in [0.1, 0.15) is 5.76 Å². The van der Waals surface area contributed by atoms with Gasteiger partial charge in [0.15, 0.2) is 5.96 Å². The zero-order valence-electron chi connectivity index (χ0n) is 17.1. The Balaban J connectivity index is 0.00000280. The molecule has 3 rings (SSSR count). The fourth-order valence-corrected chi connectivity index (χ4v) is 3.44. The van der Waals surface area contributed by atoms with Crippen LogP contribution in [0.3, 0.4) is 0 Å². The van der Waals surface area contributed by atoms with E-state index in [2.05, 4.69) is 58.9 Å². The first-order valence-electron chi connectivity index (χ1n) is 9.60. The SMILES string of the molecule is CCNC(=NCCc1c(C)[nH]c2ccccc12)NCCc1c(C)noc1C.I. The van der Waals surface area contributed by atoms with Crippen LogP contribution in [0.1, 0.15) is 35.2 Å². The van der Waals surface area contributed by atoms with Crippen molar-refractivity contribution in [1.29, 1.82) is 0 Å². The number of H-pyrrole nitrogens is 1. The molecule has 0 amide bonds. The van der Waals surface area contributed by atoms with Crippen LogP contribution in [0.4, 0.5) is 0 Å². The fourth-order valence-electron chi connectivity index (χ4n) is 3.44. The summed E-state index contributed by atoms with van der Waals surface area (Å²) in [6, 6.07) is 8.44. The van der Waals surface area contributed by atoms with Crippen LogP contribution in [-0.4, -0.2) is 35.7 Å². The van der Waals surface area contributed by atoms with Crippen LogP contribution >= 0.6 is 24.0 Å². The standard InChI is InChI=1S/C21H29N5O.HI/c1-5-22-21(23-12-10-17-15(3)26-27-16(17)4)24-13-11-18-14(2)25-20-9-7-6-8-19(18)20;/h6-9,25H,5,10-13H2,1-4H3,(H2,22,23,24);1H. The topological polar surface area (TPSA) is 78.2 Å². The van der Waals surface area contributed by atoms with Crippen molar-refractivity contribution in [3.8, 4) is 0 Å². The van der Waals surface area contributed by atoms with E-state index in [9.17, 15) is 0 Å². The first-order valence-corrected chi connectivity index (χ1v) is 9.60. The lowest BCUT2D eigenvalue weighted by Crippen LogP contribution is -2.38. The lowest BCUT2D eigenvalue weighted by molar-refractivity contribution is 0.392. The summed E-state index contributed by atoms with van der Waals surface area (Å²) in [4.78, 5) is 8.20. The second-order valence-electron chi connectivity index (χ2n) is 6.76. The van der Waals surface area contributed by atoms with E-state index in [0.717, 1.165) is 49.9 Å². The minimum atomic E-state index is 0. The molecule has 2 aromatic heterocycles. The molecule has 28 heavy (non-hydrogen) atoms. The fraction of sp³-hybridized carbons (Fsp3) is 0.429. The molecule has 0 spiro atoms. The van der Waals surface area contributed by atoms with Gasteiger partial charge in [0.05, 0.1) is 5.69 Å². The van der Waals surface area contributed by atoms with Gasteiger partial charge in [0, 0.05) is 41.8 Å². The normalized spacial score (nSPS) is 11.5. The van der Waals surface area contributed by atoms with Crippen LogP contribution in [0.15, 0.2) is 33.8 Å². The van der Waals surface area contributed by atoms with E-state index in [4.69, 9.17) is 9.52 Å². The third-order valence-corrected chi connectivity index (χ3v) is 4.85. The molecule has 152 valence electrons. The van der Waals surface area contributed by atoms with Gasteiger partial charge >= 0.3 is 0 Å². The lowest BCUT2D eigenvalue weighted by Gasteiger charge is -2.11. The maximum atomic E-state index is 5.23. The van der Waals surface area contributed by atoms with E-state index in [1.807, 2.05) is 13.8 Å². The molecule has 0 saturated carbocycles. The third kappa shape index (κ3) is 5.27. The molecule has 1 aromatic carbocycles. The number of rotatable bonds is 7. The Morgan fingerprint density at radius 3 is 2.61 bits per heavy atom. The van der Waals surface area contributed by atoms with Crippen LogP contribution in [0.2, 0.25) is 0 Å². The zero-order valence-corrected chi connectivity index (χ0v) is 19.4. The van der Waals surface area contributed by atoms with E-state index in [-0.39, 0.29) is 24.0 Å². The number of para-hydroxylation sites is 1. The molecule has 6 nitrogen and oxygen atoms in total. The molecular formula is C21H30IN5O. The maximum absolute atomic E-state index is 5.23. The molecule has 0 aliphatic rings. The summed E-state index contributed by atoms with van der Waals surface area (Å²) in [7, 11) is 0. The summed E-state index contributed by atoms with van der Waals surface area (Å²) >= 11 is 0. The highest BCUT2D eigenvalue weighted by atomic mass is 127. The van der Waals surface area contributed by atoms with Gasteiger partial charge < -0.3 is 20.1 Å². The number of aromatic nitrogens is 2. The quantitative estimate of drug-likeness (QED) is 0.263. The average Bonchev–Trinajstić information content (AvgIpc) is 3.15. The molecule has 0 bridgehead atoms. The number of nitrogens with zero attached hydrogens (tertiary/aromatic N) is 2. The minimum absolute atomic E-state index is 0. The van der Waals surface area contributed by atoms with Crippen molar-refractivity contribution >= 4 is 40.8 Å². The number of aryl methyl sites for hydroxylation is 3. The molecule has 3 N–H and O–H groups in total. The molecule has 2 heterocycles. The average molecular weight is 495 g/mol. The Kier molecular flexibility index (Phi) is 8.35. The van der Waals surface area contributed by atoms with Crippen molar-refractivity contribution in [2.24, 2.45) is 4.99 Å². The Labute approximate surface area is 183 Å². The number of benzene rings is 1. The van der Waals surface area contributed by atoms with Gasteiger partial charge in [-0.25, -0.2) is 0 Å². The number of halogens is 1. The molecule has 0 aliphatic carbocycles. The number of hydrogen-bond donors (Lipinski definition) is 3. The predicted octanol–water partition coefficient (Wildman–Crippen LogP) is 4.04. The van der Waals surface area contributed by atoms with Crippen molar-refractivity contribution < 1.29 is 4.52 Å². The van der Waals surface area contributed by atoms with Gasteiger partial charge in [-0.1, -0.05) is 23.4 Å². The van der Waals surface area contributed by atoms with Crippen molar-refractivity contribution in [3.05, 3.63) is 52.5 Å². The molecular weight excluding hydrogens is 465 g/mol. The Morgan fingerprint density at radius 1 is 1.11 bits per heavy atom. The van der Waals surface area contributed by atoms with Crippen LogP contribution < -0.4 is 10.6 Å². The molecule has 0 saturated heterocycles. The van der Waals surface area contributed by atoms with Crippen LogP contribution in [0.25, 0.3) is 10.9 Å². The summed E-state index contributed by atoms with van der Waals surface area (Å²) < 4.78 is 5.23. The van der Waals surface area contributed by atoms with Gasteiger partial charge in [-0.3, -0.25) is 4.99 Å². The summed E-state index contributed by atoms with van der Waals surface area (Å²) in [5, 5.41) is 12.0. The lowest BCUT2D eigenvalue weighted by atomic mass is 10.1. The predicted molar refractivity (Wildman–Crippen MR) is 126 cm³/mol. The highest BCUT2D eigenvalue weighted by Crippen LogP contribution is 2.22. The highest BCUT2D eigenvalue weighted by Gasteiger charge is 2.09. The largest absolute Gasteiger partial charge is 0.361 e. The highest BCUT2D eigenvalue weighted by molar-refractivity contribution is 14.0. The summed E-state index contributed by atoms with van der Waals surface area (Å²) in [6.07, 6.45) is 1.78. The first kappa shape index (κ1) is 22.3. The smallest absolute Gasteiger partial charge is 0.191 e. The minimum Gasteiger partial charge on any atom is -0.361 e. The first-order chi connectivity index (χ1) is 13.1. The van der Waals surface area contributed by atoms with Crippen LogP contribution in [-0.2, 0) is 12.8 Å². The second kappa shape index (κ2) is 10.5. The van der Waals surface area contributed by atoms with Gasteiger partial charge in [-0.05, 0) is 52.2 Å². The van der Waals surface area contributed by atoms with Gasteiger partial charge in [-0.2, -0.15) is 0 Å². The zero-order chi connectivity index (χ0) is 19.2. The third-order valence-electron chi connectivity index (χ3n) is 4.85. The van der Waals surface area contributed by atoms with Crippen LogP contribution in [0, 0.1) is 20.8 Å². The molecule has 0 aliphatic heterocycles. The molecule has 0 atom stereocenters. The second-order valence-corrected chi connectivity index (χ2v) is 6.76. The molecule has 0 fully saturated rings. The van der Waals surface area contributed by atoms with Crippen LogP contribution in [0.5, 0.6) is 0 Å². The number of nitrogens with one attached hydrogen (secondary N) is 3. The Morgan fingerprint density at radius 2 is 1.89 bits per heavy atom. The van der Waals surface area contributed by atoms with Gasteiger partial charge in [0.2, 0.25) is 0 Å². The number of fused-ring (bicyclic) bond motifs is 1. The van der Waals surface area contributed by atoms with E-state index in [0.29, 0.717) is 0 Å². The molecule has 3 aromatic rings. The molecule has 7 heteroatoms. The summed E-state index contributed by atoms with van der Waals surface area (Å²) in [5.74, 6) is 1.74. The van der Waals surface area contributed by atoms with Crippen molar-refractivity contribution in [3.63, 3.8) is 0 Å². The van der Waals surface area contributed by atoms with E-state index < -0.39 is 0 Å². The van der Waals surface area contributed by atoms with E-state index >= 15 is 0 Å². The van der Waals surface area contributed by atoms with Gasteiger partial charge in [0.25, 0.3) is 0 Å². The maximum Gasteiger partial charge on any atom is 0.191 e. The van der Waals surface area contributed by atoms with Crippen molar-refractivity contribution in [2.75, 3.05) is 19.6 Å².